The molecule has 15 heavy (non-hydrogen) atoms. The Morgan fingerprint density at radius 3 is 2.80 bits per heavy atom. The molecular formula is C9H10ClN3O2. The molecule has 1 aromatic heterocycles. The quantitative estimate of drug-likeness (QED) is 0.726. The van der Waals surface area contributed by atoms with E-state index in [9.17, 15) is 9.90 Å². The third kappa shape index (κ3) is 1.75. The summed E-state index contributed by atoms with van der Waals surface area (Å²) in [6.45, 7) is 0.293. The Bertz CT molecular complexity index is 381. The van der Waals surface area contributed by atoms with Gasteiger partial charge < -0.3 is 10.0 Å². The van der Waals surface area contributed by atoms with Gasteiger partial charge in [-0.25, -0.2) is 9.78 Å². The van der Waals surface area contributed by atoms with E-state index in [0.29, 0.717) is 17.4 Å². The number of anilines is 1. The molecule has 0 saturated carbocycles. The van der Waals surface area contributed by atoms with Crippen LogP contribution < -0.4 is 4.90 Å². The van der Waals surface area contributed by atoms with Crippen LogP contribution in [0.25, 0.3) is 0 Å². The molecule has 1 atom stereocenters. The summed E-state index contributed by atoms with van der Waals surface area (Å²) in [6.07, 6.45) is 0.633. The van der Waals surface area contributed by atoms with E-state index < -0.39 is 6.23 Å². The molecule has 0 aliphatic carbocycles. The van der Waals surface area contributed by atoms with Crippen molar-refractivity contribution in [3.05, 3.63) is 23.5 Å². The smallest absolute Gasteiger partial charge is 0.326 e. The maximum Gasteiger partial charge on any atom is 0.326 e. The molecule has 2 rings (SSSR count). The topological polar surface area (TPSA) is 56.7 Å². The second-order valence-corrected chi connectivity index (χ2v) is 3.74. The van der Waals surface area contributed by atoms with Crippen LogP contribution in [0.4, 0.5) is 10.5 Å². The number of carbonyl (C=O) groups excluding carboxylic acids is 1. The Labute approximate surface area is 91.9 Å². The van der Waals surface area contributed by atoms with Crippen molar-refractivity contribution >= 4 is 23.3 Å². The molecule has 0 aromatic carbocycles. The van der Waals surface area contributed by atoms with E-state index in [-0.39, 0.29) is 6.03 Å². The van der Waals surface area contributed by atoms with E-state index in [1.54, 1.807) is 19.2 Å². The molecule has 1 aliphatic rings. The van der Waals surface area contributed by atoms with E-state index >= 15 is 0 Å². The van der Waals surface area contributed by atoms with Crippen molar-refractivity contribution in [2.45, 2.75) is 6.23 Å². The van der Waals surface area contributed by atoms with Crippen LogP contribution in [-0.4, -0.2) is 40.8 Å². The number of pyridine rings is 1. The molecule has 1 aliphatic heterocycles. The second kappa shape index (κ2) is 3.67. The van der Waals surface area contributed by atoms with Crippen molar-refractivity contribution in [2.24, 2.45) is 0 Å². The first-order valence-corrected chi connectivity index (χ1v) is 4.81. The second-order valence-electron chi connectivity index (χ2n) is 3.35. The molecule has 5 nitrogen and oxygen atoms in total. The van der Waals surface area contributed by atoms with Gasteiger partial charge in [-0.3, -0.25) is 4.90 Å². The summed E-state index contributed by atoms with van der Waals surface area (Å²) in [5, 5.41) is 10.0. The molecule has 0 radical (unpaired) electrons. The zero-order chi connectivity index (χ0) is 11.0. The standard InChI is InChI=1S/C9H10ClN3O2/c1-12-5-8(14)13(9(12)15)6-2-3-7(10)11-4-6/h2-4,8,14H,5H2,1H3. The predicted molar refractivity (Wildman–Crippen MR) is 55.8 cm³/mol. The van der Waals surface area contributed by atoms with Crippen molar-refractivity contribution in [3.63, 3.8) is 0 Å². The monoisotopic (exact) mass is 227 g/mol. The highest BCUT2D eigenvalue weighted by molar-refractivity contribution is 6.29. The lowest BCUT2D eigenvalue weighted by Gasteiger charge is -2.18. The maximum absolute atomic E-state index is 11.6. The Balaban J connectivity index is 2.31. The highest BCUT2D eigenvalue weighted by atomic mass is 35.5. The van der Waals surface area contributed by atoms with Gasteiger partial charge in [-0.15, -0.1) is 0 Å². The minimum atomic E-state index is -0.828. The van der Waals surface area contributed by atoms with Crippen LogP contribution in [-0.2, 0) is 0 Å². The molecular weight excluding hydrogens is 218 g/mol. The summed E-state index contributed by atoms with van der Waals surface area (Å²) in [5.74, 6) is 0. The van der Waals surface area contributed by atoms with Crippen LogP contribution in [0.2, 0.25) is 5.15 Å². The van der Waals surface area contributed by atoms with Crippen LogP contribution >= 0.6 is 11.6 Å². The number of aromatic nitrogens is 1. The lowest BCUT2D eigenvalue weighted by molar-refractivity contribution is 0.183. The summed E-state index contributed by atoms with van der Waals surface area (Å²) in [6, 6.07) is 2.98. The van der Waals surface area contributed by atoms with Crippen LogP contribution in [0, 0.1) is 0 Å². The predicted octanol–water partition coefficient (Wildman–Crippen LogP) is 0.925. The molecule has 1 N–H and O–H groups in total. The van der Waals surface area contributed by atoms with Crippen molar-refractivity contribution in [1.29, 1.82) is 0 Å². The zero-order valence-corrected chi connectivity index (χ0v) is 8.85. The molecule has 2 amide bonds. The van der Waals surface area contributed by atoms with Crippen LogP contribution in [0.1, 0.15) is 0 Å². The number of hydrogen-bond acceptors (Lipinski definition) is 3. The van der Waals surface area contributed by atoms with Crippen LogP contribution in [0.5, 0.6) is 0 Å². The molecule has 1 saturated heterocycles. The number of carbonyl (C=O) groups is 1. The van der Waals surface area contributed by atoms with E-state index in [2.05, 4.69) is 4.98 Å². The third-order valence-electron chi connectivity index (χ3n) is 2.26. The number of β-amino-alcohol motifs (C(OH)–C–C–N with tert-alkyl or cyclic N) is 1. The lowest BCUT2D eigenvalue weighted by Crippen LogP contribution is -2.34. The van der Waals surface area contributed by atoms with Gasteiger partial charge in [0.2, 0.25) is 0 Å². The first-order chi connectivity index (χ1) is 7.09. The number of urea groups is 1. The zero-order valence-electron chi connectivity index (χ0n) is 8.09. The molecule has 6 heteroatoms. The molecule has 1 unspecified atom stereocenters. The minimum absolute atomic E-state index is 0.244. The van der Waals surface area contributed by atoms with Gasteiger partial charge in [0.15, 0.2) is 6.23 Å². The van der Waals surface area contributed by atoms with Crippen molar-refractivity contribution in [1.82, 2.24) is 9.88 Å². The average Bonchev–Trinajstić information content (AvgIpc) is 2.44. The van der Waals surface area contributed by atoms with Gasteiger partial charge >= 0.3 is 6.03 Å². The number of hydrogen-bond donors (Lipinski definition) is 1. The Kier molecular flexibility index (Phi) is 2.50. The number of nitrogens with zero attached hydrogens (tertiary/aromatic N) is 3. The van der Waals surface area contributed by atoms with Crippen molar-refractivity contribution in [3.8, 4) is 0 Å². The number of likely N-dealkylation sites (N-methyl/N-ethyl adjacent to an activating group) is 1. The normalized spacial score (nSPS) is 21.3. The van der Waals surface area contributed by atoms with Gasteiger partial charge in [0.05, 0.1) is 18.4 Å². The van der Waals surface area contributed by atoms with Gasteiger partial charge in [0.1, 0.15) is 5.15 Å². The number of amides is 2. The average molecular weight is 228 g/mol. The molecule has 1 aromatic rings. The summed E-state index contributed by atoms with van der Waals surface area (Å²) < 4.78 is 0. The number of aliphatic hydroxyl groups is 1. The Morgan fingerprint density at radius 2 is 2.33 bits per heavy atom. The highest BCUT2D eigenvalue weighted by Gasteiger charge is 2.34. The number of aliphatic hydroxyl groups excluding tert-OH is 1. The van der Waals surface area contributed by atoms with Crippen molar-refractivity contribution < 1.29 is 9.90 Å². The number of halogens is 1. The summed E-state index contributed by atoms with van der Waals surface area (Å²) in [7, 11) is 1.63. The molecule has 1 fully saturated rings. The largest absolute Gasteiger partial charge is 0.371 e. The molecule has 0 spiro atoms. The van der Waals surface area contributed by atoms with Gasteiger partial charge in [-0.2, -0.15) is 0 Å². The molecule has 0 bridgehead atoms. The third-order valence-corrected chi connectivity index (χ3v) is 2.48. The van der Waals surface area contributed by atoms with Gasteiger partial charge in [-0.05, 0) is 12.1 Å². The van der Waals surface area contributed by atoms with E-state index in [4.69, 9.17) is 11.6 Å². The summed E-state index contributed by atoms with van der Waals surface area (Å²) in [5.41, 5.74) is 0.543. The molecule has 80 valence electrons. The summed E-state index contributed by atoms with van der Waals surface area (Å²) in [4.78, 5) is 18.2. The van der Waals surface area contributed by atoms with Gasteiger partial charge in [0.25, 0.3) is 0 Å². The van der Waals surface area contributed by atoms with Crippen LogP contribution in [0.15, 0.2) is 18.3 Å². The van der Waals surface area contributed by atoms with Crippen LogP contribution in [0.3, 0.4) is 0 Å². The fourth-order valence-electron chi connectivity index (χ4n) is 1.51. The minimum Gasteiger partial charge on any atom is -0.371 e. The fourth-order valence-corrected chi connectivity index (χ4v) is 1.62. The maximum atomic E-state index is 11.6. The summed E-state index contributed by atoms with van der Waals surface area (Å²) >= 11 is 5.63. The highest BCUT2D eigenvalue weighted by Crippen LogP contribution is 2.22. The Morgan fingerprint density at radius 1 is 1.60 bits per heavy atom. The first kappa shape index (κ1) is 10.2. The van der Waals surface area contributed by atoms with Gasteiger partial charge in [-0.1, -0.05) is 11.6 Å². The first-order valence-electron chi connectivity index (χ1n) is 4.43. The lowest BCUT2D eigenvalue weighted by atomic mass is 10.4. The number of rotatable bonds is 1. The Hall–Kier alpha value is -1.33. The van der Waals surface area contributed by atoms with E-state index in [1.165, 1.54) is 16.0 Å². The van der Waals surface area contributed by atoms with Crippen molar-refractivity contribution in [2.75, 3.05) is 18.5 Å². The molecule has 2 heterocycles. The van der Waals surface area contributed by atoms with E-state index in [0.717, 1.165) is 0 Å². The van der Waals surface area contributed by atoms with E-state index in [1.807, 2.05) is 0 Å². The van der Waals surface area contributed by atoms with Gasteiger partial charge in [0, 0.05) is 7.05 Å². The fraction of sp³-hybridized carbons (Fsp3) is 0.333. The SMILES string of the molecule is CN1CC(O)N(c2ccc(Cl)nc2)C1=O.